The van der Waals surface area contributed by atoms with Crippen molar-refractivity contribution in [1.29, 1.82) is 0 Å². The Balaban J connectivity index is 2.73. The number of amides is 1. The molecule has 0 bridgehead atoms. The molecule has 0 heterocycles. The number of carboxylic acid groups (broad SMARTS) is 1. The van der Waals surface area contributed by atoms with Crippen LogP contribution in [-0.4, -0.2) is 23.6 Å². The van der Waals surface area contributed by atoms with Gasteiger partial charge in [-0.15, -0.1) is 0 Å². The van der Waals surface area contributed by atoms with Gasteiger partial charge < -0.3 is 15.2 Å². The lowest BCUT2D eigenvalue weighted by atomic mass is 10.1. The number of carbonyl (C=O) groups excluding carboxylic acids is 1. The summed E-state index contributed by atoms with van der Waals surface area (Å²) in [5.74, 6) is -0.841. The van der Waals surface area contributed by atoms with Crippen molar-refractivity contribution in [3.05, 3.63) is 72.0 Å². The van der Waals surface area contributed by atoms with Gasteiger partial charge in [0, 0.05) is 11.8 Å². The highest BCUT2D eigenvalue weighted by atomic mass is 16.5. The van der Waals surface area contributed by atoms with Crippen LogP contribution in [0.5, 0.6) is 5.75 Å². The number of allylic oxidation sites excluding steroid dienone is 1. The van der Waals surface area contributed by atoms with Crippen LogP contribution in [0.15, 0.2) is 60.9 Å². The zero-order valence-electron chi connectivity index (χ0n) is 13.8. The standard InChI is InChI=1S/C19H21NO4/c1-5-11-24-17-9-7-15(12-13(17)3)8-10-18(21)20-14(4)16(6-2)19(22)23/h5-10,12H,1,4,11H2,2-3H3,(H,20,21)(H,22,23)/b10-8+,16-6+. The summed E-state index contributed by atoms with van der Waals surface area (Å²) in [5, 5.41) is 11.4. The molecule has 1 amide bonds. The fourth-order valence-electron chi connectivity index (χ4n) is 1.94. The molecule has 0 aliphatic carbocycles. The predicted octanol–water partition coefficient (Wildman–Crippen LogP) is 3.23. The molecule has 1 aromatic rings. The van der Waals surface area contributed by atoms with E-state index in [0.717, 1.165) is 16.9 Å². The van der Waals surface area contributed by atoms with E-state index < -0.39 is 11.9 Å². The summed E-state index contributed by atoms with van der Waals surface area (Å²) < 4.78 is 5.49. The zero-order chi connectivity index (χ0) is 18.1. The Labute approximate surface area is 141 Å². The Morgan fingerprint density at radius 1 is 1.38 bits per heavy atom. The third-order valence-corrected chi connectivity index (χ3v) is 3.10. The maximum absolute atomic E-state index is 11.8. The van der Waals surface area contributed by atoms with Crippen LogP contribution in [-0.2, 0) is 9.59 Å². The third kappa shape index (κ3) is 5.61. The second-order valence-electron chi connectivity index (χ2n) is 4.93. The summed E-state index contributed by atoms with van der Waals surface area (Å²) in [5.41, 5.74) is 1.76. The molecule has 24 heavy (non-hydrogen) atoms. The second-order valence-corrected chi connectivity index (χ2v) is 4.93. The summed E-state index contributed by atoms with van der Waals surface area (Å²) in [6.45, 7) is 11.1. The molecule has 0 fully saturated rings. The summed E-state index contributed by atoms with van der Waals surface area (Å²) >= 11 is 0. The van der Waals surface area contributed by atoms with Crippen LogP contribution in [0.25, 0.3) is 6.08 Å². The Bertz CT molecular complexity index is 714. The molecule has 0 unspecified atom stereocenters. The predicted molar refractivity (Wildman–Crippen MR) is 94.6 cm³/mol. The highest BCUT2D eigenvalue weighted by molar-refractivity contribution is 5.97. The molecule has 0 aromatic heterocycles. The molecule has 0 saturated heterocycles. The topological polar surface area (TPSA) is 75.6 Å². The first-order valence-electron chi connectivity index (χ1n) is 7.31. The number of benzene rings is 1. The lowest BCUT2D eigenvalue weighted by Gasteiger charge is -2.08. The van der Waals surface area contributed by atoms with Crippen molar-refractivity contribution in [3.8, 4) is 5.75 Å². The minimum atomic E-state index is -1.14. The Kier molecular flexibility index (Phi) is 7.23. The average Bonchev–Trinajstić information content (AvgIpc) is 2.52. The number of nitrogens with one attached hydrogen (secondary N) is 1. The smallest absolute Gasteiger partial charge is 0.337 e. The number of ether oxygens (including phenoxy) is 1. The van der Waals surface area contributed by atoms with Gasteiger partial charge in [0.2, 0.25) is 5.91 Å². The van der Waals surface area contributed by atoms with Crippen LogP contribution in [0, 0.1) is 6.92 Å². The fourth-order valence-corrected chi connectivity index (χ4v) is 1.94. The number of rotatable bonds is 8. The lowest BCUT2D eigenvalue weighted by Crippen LogP contribution is -2.23. The zero-order valence-corrected chi connectivity index (χ0v) is 13.8. The van der Waals surface area contributed by atoms with E-state index in [1.165, 1.54) is 12.2 Å². The van der Waals surface area contributed by atoms with E-state index in [4.69, 9.17) is 9.84 Å². The van der Waals surface area contributed by atoms with Crippen LogP contribution in [0.2, 0.25) is 0 Å². The Morgan fingerprint density at radius 3 is 2.62 bits per heavy atom. The largest absolute Gasteiger partial charge is 0.489 e. The summed E-state index contributed by atoms with van der Waals surface area (Å²) in [6, 6.07) is 5.52. The van der Waals surface area contributed by atoms with Gasteiger partial charge >= 0.3 is 5.97 Å². The normalized spacial score (nSPS) is 11.2. The van der Waals surface area contributed by atoms with Crippen molar-refractivity contribution in [2.75, 3.05) is 6.61 Å². The molecule has 0 aliphatic rings. The van der Waals surface area contributed by atoms with E-state index in [0.29, 0.717) is 6.61 Å². The molecular formula is C19H21NO4. The fraction of sp³-hybridized carbons (Fsp3) is 0.158. The number of hydrogen-bond donors (Lipinski definition) is 2. The molecule has 0 aliphatic heterocycles. The van der Waals surface area contributed by atoms with Crippen molar-refractivity contribution in [3.63, 3.8) is 0 Å². The first kappa shape index (κ1) is 19.0. The second kappa shape index (κ2) is 9.15. The van der Waals surface area contributed by atoms with E-state index in [-0.39, 0.29) is 11.3 Å². The molecule has 126 valence electrons. The third-order valence-electron chi connectivity index (χ3n) is 3.10. The van der Waals surface area contributed by atoms with Crippen LogP contribution >= 0.6 is 0 Å². The molecule has 5 heteroatoms. The molecule has 1 aromatic carbocycles. The maximum Gasteiger partial charge on any atom is 0.337 e. The number of aliphatic carboxylic acids is 1. The summed E-state index contributed by atoms with van der Waals surface area (Å²) in [4.78, 5) is 22.8. The molecule has 0 saturated carbocycles. The molecule has 0 atom stereocenters. The summed E-state index contributed by atoms with van der Waals surface area (Å²) in [6.07, 6.45) is 5.99. The number of carbonyl (C=O) groups is 2. The monoisotopic (exact) mass is 327 g/mol. The molecular weight excluding hydrogens is 306 g/mol. The van der Waals surface area contributed by atoms with Crippen molar-refractivity contribution in [2.45, 2.75) is 13.8 Å². The molecule has 1 rings (SSSR count). The molecule has 0 spiro atoms. The van der Waals surface area contributed by atoms with Gasteiger partial charge in [-0.2, -0.15) is 0 Å². The van der Waals surface area contributed by atoms with Crippen molar-refractivity contribution >= 4 is 18.0 Å². The van der Waals surface area contributed by atoms with Gasteiger partial charge in [-0.1, -0.05) is 31.4 Å². The van der Waals surface area contributed by atoms with Gasteiger partial charge in [0.1, 0.15) is 12.4 Å². The molecule has 5 nitrogen and oxygen atoms in total. The lowest BCUT2D eigenvalue weighted by molar-refractivity contribution is -0.132. The van der Waals surface area contributed by atoms with E-state index in [1.54, 1.807) is 19.1 Å². The number of carboxylic acids is 1. The van der Waals surface area contributed by atoms with E-state index in [1.807, 2.05) is 25.1 Å². The van der Waals surface area contributed by atoms with Gasteiger partial charge in [0.15, 0.2) is 0 Å². The SMILES string of the molecule is C=CCOc1ccc(/C=C/C(=O)NC(=C)/C(=C\C)C(=O)O)cc1C. The quantitative estimate of drug-likeness (QED) is 0.437. The maximum atomic E-state index is 11.8. The Morgan fingerprint density at radius 2 is 2.08 bits per heavy atom. The average molecular weight is 327 g/mol. The molecule has 2 N–H and O–H groups in total. The summed E-state index contributed by atoms with van der Waals surface area (Å²) in [7, 11) is 0. The number of aryl methyl sites for hydroxylation is 1. The van der Waals surface area contributed by atoms with Crippen molar-refractivity contribution in [2.24, 2.45) is 0 Å². The van der Waals surface area contributed by atoms with Crippen LogP contribution in [0.3, 0.4) is 0 Å². The van der Waals surface area contributed by atoms with E-state index in [9.17, 15) is 9.59 Å². The number of hydrogen-bond acceptors (Lipinski definition) is 3. The van der Waals surface area contributed by atoms with Gasteiger partial charge in [-0.3, -0.25) is 4.79 Å². The van der Waals surface area contributed by atoms with Gasteiger partial charge in [0.05, 0.1) is 5.57 Å². The van der Waals surface area contributed by atoms with Gasteiger partial charge in [0.25, 0.3) is 0 Å². The highest BCUT2D eigenvalue weighted by Crippen LogP contribution is 2.19. The minimum absolute atomic E-state index is 0.0451. The van der Waals surface area contributed by atoms with Gasteiger partial charge in [-0.05, 0) is 43.2 Å². The van der Waals surface area contributed by atoms with Crippen molar-refractivity contribution in [1.82, 2.24) is 5.32 Å². The Hall–Kier alpha value is -3.08. The van der Waals surface area contributed by atoms with Gasteiger partial charge in [-0.25, -0.2) is 4.79 Å². The first-order chi connectivity index (χ1) is 11.4. The molecule has 0 radical (unpaired) electrons. The van der Waals surface area contributed by atoms with Crippen LogP contribution in [0.1, 0.15) is 18.1 Å². The van der Waals surface area contributed by atoms with Crippen LogP contribution < -0.4 is 10.1 Å². The minimum Gasteiger partial charge on any atom is -0.489 e. The van der Waals surface area contributed by atoms with Crippen molar-refractivity contribution < 1.29 is 19.4 Å². The van der Waals surface area contributed by atoms with E-state index >= 15 is 0 Å². The first-order valence-corrected chi connectivity index (χ1v) is 7.31. The highest BCUT2D eigenvalue weighted by Gasteiger charge is 2.11. The van der Waals surface area contributed by atoms with E-state index in [2.05, 4.69) is 18.5 Å². The van der Waals surface area contributed by atoms with Crippen LogP contribution in [0.4, 0.5) is 0 Å².